The molecular weight excluding hydrogens is 356 g/mol. The molecule has 1 saturated carbocycles. The summed E-state index contributed by atoms with van der Waals surface area (Å²) in [6.07, 6.45) is 5.92. The Kier molecular flexibility index (Phi) is 7.41. The Morgan fingerprint density at radius 1 is 1.12 bits per heavy atom. The Balaban J connectivity index is 0.00000243. The predicted molar refractivity (Wildman–Crippen MR) is 102 cm³/mol. The average Bonchev–Trinajstić information content (AvgIpc) is 3.09. The molecular formula is C19H29ClN2O4. The van der Waals surface area contributed by atoms with Gasteiger partial charge >= 0.3 is 0 Å². The van der Waals surface area contributed by atoms with Crippen molar-refractivity contribution in [2.24, 2.45) is 5.92 Å². The highest BCUT2D eigenvalue weighted by atomic mass is 35.5. The van der Waals surface area contributed by atoms with E-state index >= 15 is 0 Å². The summed E-state index contributed by atoms with van der Waals surface area (Å²) in [6, 6.07) is 4.01. The van der Waals surface area contributed by atoms with Crippen LogP contribution in [0.1, 0.15) is 37.7 Å². The number of rotatable bonds is 6. The zero-order valence-corrected chi connectivity index (χ0v) is 16.5. The molecule has 26 heavy (non-hydrogen) atoms. The highest BCUT2D eigenvalue weighted by molar-refractivity contribution is 5.85. The molecule has 0 spiro atoms. The first-order valence-electron chi connectivity index (χ1n) is 8.99. The zero-order valence-electron chi connectivity index (χ0n) is 15.7. The standard InChI is InChI=1S/C19H28N2O4.ClH/c1-23-13-9-17(24-2)14(18(10-13)25-3)11-20-19(22)16-8-12-6-4-5-7-15(12)21-16;/h9-10,12,15-16,21H,4-8,11H2,1-3H3,(H,20,22);1H. The molecule has 1 saturated heterocycles. The van der Waals surface area contributed by atoms with Crippen LogP contribution in [0.15, 0.2) is 12.1 Å². The average molecular weight is 385 g/mol. The van der Waals surface area contributed by atoms with Crippen LogP contribution in [0, 0.1) is 5.92 Å². The van der Waals surface area contributed by atoms with Gasteiger partial charge in [-0.1, -0.05) is 12.8 Å². The minimum atomic E-state index is -0.0941. The van der Waals surface area contributed by atoms with E-state index in [1.54, 1.807) is 33.5 Å². The van der Waals surface area contributed by atoms with Gasteiger partial charge in [-0.3, -0.25) is 4.79 Å². The van der Waals surface area contributed by atoms with Gasteiger partial charge in [0.1, 0.15) is 17.2 Å². The van der Waals surface area contributed by atoms with Gasteiger partial charge < -0.3 is 24.8 Å². The van der Waals surface area contributed by atoms with E-state index in [1.807, 2.05) is 0 Å². The van der Waals surface area contributed by atoms with Crippen molar-refractivity contribution < 1.29 is 19.0 Å². The fourth-order valence-electron chi connectivity index (χ4n) is 4.07. The molecule has 0 radical (unpaired) electrons. The second-order valence-electron chi connectivity index (χ2n) is 6.83. The lowest BCUT2D eigenvalue weighted by Gasteiger charge is -2.24. The van der Waals surface area contributed by atoms with Crippen LogP contribution in [0.4, 0.5) is 0 Å². The van der Waals surface area contributed by atoms with E-state index in [4.69, 9.17) is 14.2 Å². The first-order chi connectivity index (χ1) is 12.2. The maximum Gasteiger partial charge on any atom is 0.237 e. The zero-order chi connectivity index (χ0) is 17.8. The van der Waals surface area contributed by atoms with Gasteiger partial charge in [0.2, 0.25) is 5.91 Å². The molecule has 1 aliphatic heterocycles. The third-order valence-corrected chi connectivity index (χ3v) is 5.44. The molecule has 2 aliphatic rings. The van der Waals surface area contributed by atoms with E-state index in [9.17, 15) is 4.79 Å². The number of methoxy groups -OCH3 is 3. The van der Waals surface area contributed by atoms with Crippen LogP contribution in [0.2, 0.25) is 0 Å². The number of benzene rings is 1. The number of amides is 1. The van der Waals surface area contributed by atoms with Gasteiger partial charge in [0.15, 0.2) is 0 Å². The van der Waals surface area contributed by atoms with E-state index in [0.717, 1.165) is 12.0 Å². The van der Waals surface area contributed by atoms with Crippen LogP contribution in [-0.2, 0) is 11.3 Å². The lowest BCUT2D eigenvalue weighted by atomic mass is 9.85. The van der Waals surface area contributed by atoms with E-state index < -0.39 is 0 Å². The van der Waals surface area contributed by atoms with Crippen LogP contribution in [0.25, 0.3) is 0 Å². The summed E-state index contributed by atoms with van der Waals surface area (Å²) in [5.74, 6) is 2.64. The normalized spacial score (nSPS) is 24.2. The van der Waals surface area contributed by atoms with Gasteiger partial charge in [0, 0.05) is 18.2 Å². The minimum Gasteiger partial charge on any atom is -0.496 e. The summed E-state index contributed by atoms with van der Waals surface area (Å²) in [7, 11) is 4.80. The molecule has 2 N–H and O–H groups in total. The largest absolute Gasteiger partial charge is 0.496 e. The number of nitrogens with one attached hydrogen (secondary N) is 2. The number of fused-ring (bicyclic) bond motifs is 1. The molecule has 1 aromatic carbocycles. The number of ether oxygens (including phenoxy) is 3. The van der Waals surface area contributed by atoms with Crippen molar-refractivity contribution >= 4 is 18.3 Å². The van der Waals surface area contributed by atoms with E-state index in [-0.39, 0.29) is 24.4 Å². The Labute approximate surface area is 161 Å². The van der Waals surface area contributed by atoms with Crippen molar-refractivity contribution in [3.8, 4) is 17.2 Å². The molecule has 0 bridgehead atoms. The van der Waals surface area contributed by atoms with Crippen LogP contribution < -0.4 is 24.8 Å². The van der Waals surface area contributed by atoms with Crippen molar-refractivity contribution in [2.45, 2.75) is 50.7 Å². The number of carbonyl (C=O) groups is 1. The number of halogens is 1. The lowest BCUT2D eigenvalue weighted by Crippen LogP contribution is -2.42. The predicted octanol–water partition coefficient (Wildman–Crippen LogP) is 2.67. The molecule has 6 nitrogen and oxygen atoms in total. The van der Waals surface area contributed by atoms with Crippen LogP contribution in [-0.4, -0.2) is 39.3 Å². The highest BCUT2D eigenvalue weighted by Gasteiger charge is 2.38. The Morgan fingerprint density at radius 2 is 1.77 bits per heavy atom. The minimum absolute atomic E-state index is 0. The van der Waals surface area contributed by atoms with Gasteiger partial charge in [0.05, 0.1) is 39.5 Å². The summed E-state index contributed by atoms with van der Waals surface area (Å²) < 4.78 is 16.1. The maximum absolute atomic E-state index is 12.6. The Morgan fingerprint density at radius 3 is 2.35 bits per heavy atom. The monoisotopic (exact) mass is 384 g/mol. The SMILES string of the molecule is COc1cc(OC)c(CNC(=O)C2CC3CCCCC3N2)c(OC)c1.Cl. The second kappa shape index (κ2) is 9.33. The fourth-order valence-corrected chi connectivity index (χ4v) is 4.07. The summed E-state index contributed by atoms with van der Waals surface area (Å²) >= 11 is 0. The van der Waals surface area contributed by atoms with Crippen LogP contribution in [0.5, 0.6) is 17.2 Å². The van der Waals surface area contributed by atoms with E-state index in [0.29, 0.717) is 35.8 Å². The Hall–Kier alpha value is -1.66. The van der Waals surface area contributed by atoms with Crippen molar-refractivity contribution in [2.75, 3.05) is 21.3 Å². The van der Waals surface area contributed by atoms with E-state index in [1.165, 1.54) is 25.7 Å². The third-order valence-electron chi connectivity index (χ3n) is 5.44. The summed E-state index contributed by atoms with van der Waals surface area (Å²) in [5, 5.41) is 6.55. The topological polar surface area (TPSA) is 68.8 Å². The first kappa shape index (κ1) is 20.6. The molecule has 0 aromatic heterocycles. The summed E-state index contributed by atoms with van der Waals surface area (Å²) in [5.41, 5.74) is 0.814. The van der Waals surface area contributed by atoms with Gasteiger partial charge in [-0.2, -0.15) is 0 Å². The molecule has 1 amide bonds. The fraction of sp³-hybridized carbons (Fsp3) is 0.632. The molecule has 1 aromatic rings. The van der Waals surface area contributed by atoms with Gasteiger partial charge in [-0.15, -0.1) is 12.4 Å². The molecule has 3 atom stereocenters. The molecule has 2 fully saturated rings. The highest BCUT2D eigenvalue weighted by Crippen LogP contribution is 2.35. The van der Waals surface area contributed by atoms with Gasteiger partial charge in [0.25, 0.3) is 0 Å². The Bertz CT molecular complexity index is 587. The first-order valence-corrected chi connectivity index (χ1v) is 8.99. The number of hydrogen-bond acceptors (Lipinski definition) is 5. The number of hydrogen-bond donors (Lipinski definition) is 2. The smallest absolute Gasteiger partial charge is 0.237 e. The van der Waals surface area contributed by atoms with Crippen molar-refractivity contribution in [3.05, 3.63) is 17.7 Å². The van der Waals surface area contributed by atoms with E-state index in [2.05, 4.69) is 10.6 Å². The molecule has 7 heteroatoms. The summed E-state index contributed by atoms with van der Waals surface area (Å²) in [4.78, 5) is 12.6. The van der Waals surface area contributed by atoms with Gasteiger partial charge in [-0.25, -0.2) is 0 Å². The van der Waals surface area contributed by atoms with Crippen molar-refractivity contribution in [1.29, 1.82) is 0 Å². The van der Waals surface area contributed by atoms with Crippen molar-refractivity contribution in [1.82, 2.24) is 10.6 Å². The molecule has 146 valence electrons. The molecule has 3 unspecified atom stereocenters. The van der Waals surface area contributed by atoms with Crippen LogP contribution in [0.3, 0.4) is 0 Å². The molecule has 3 rings (SSSR count). The molecule has 1 aliphatic carbocycles. The maximum atomic E-state index is 12.6. The molecule has 1 heterocycles. The number of carbonyl (C=O) groups excluding carboxylic acids is 1. The van der Waals surface area contributed by atoms with Gasteiger partial charge in [-0.05, 0) is 25.2 Å². The van der Waals surface area contributed by atoms with Crippen LogP contribution >= 0.6 is 12.4 Å². The summed E-state index contributed by atoms with van der Waals surface area (Å²) in [6.45, 7) is 0.364. The third kappa shape index (κ3) is 4.35. The quantitative estimate of drug-likeness (QED) is 0.789. The van der Waals surface area contributed by atoms with Crippen molar-refractivity contribution in [3.63, 3.8) is 0 Å². The lowest BCUT2D eigenvalue weighted by molar-refractivity contribution is -0.123. The second-order valence-corrected chi connectivity index (χ2v) is 6.83.